The molecule has 4 rings (SSSR count). The molecule has 1 amide bonds. The number of carbonyl (C=O) groups excluding carboxylic acids is 1. The first kappa shape index (κ1) is 23.8. The molecule has 0 unspecified atom stereocenters. The van der Waals surface area contributed by atoms with Crippen LogP contribution >= 0.6 is 11.6 Å². The molecule has 2 aliphatic heterocycles. The van der Waals surface area contributed by atoms with Crippen molar-refractivity contribution >= 4 is 38.9 Å². The predicted molar refractivity (Wildman–Crippen MR) is 128 cm³/mol. The SMILES string of the molecule is O=C(COc1cccc(Cl)c1)Nc1cc(S(=O)(=O)N2CCOCC2)ccc1N1CCCCC1. The van der Waals surface area contributed by atoms with Crippen molar-refractivity contribution in [2.45, 2.75) is 24.2 Å². The van der Waals surface area contributed by atoms with E-state index in [1.165, 1.54) is 4.31 Å². The van der Waals surface area contributed by atoms with Gasteiger partial charge in [0, 0.05) is 31.2 Å². The first-order chi connectivity index (χ1) is 15.9. The summed E-state index contributed by atoms with van der Waals surface area (Å²) in [6.45, 7) is 2.86. The molecule has 1 N–H and O–H groups in total. The van der Waals surface area contributed by atoms with Crippen LogP contribution in [-0.2, 0) is 19.6 Å². The van der Waals surface area contributed by atoms with Crippen molar-refractivity contribution in [1.29, 1.82) is 0 Å². The second kappa shape index (κ2) is 10.7. The lowest BCUT2D eigenvalue weighted by Crippen LogP contribution is -2.40. The molecular formula is C23H28ClN3O5S. The number of halogens is 1. The number of morpholine rings is 1. The number of benzene rings is 2. The summed E-state index contributed by atoms with van der Waals surface area (Å²) >= 11 is 5.97. The van der Waals surface area contributed by atoms with Gasteiger partial charge >= 0.3 is 0 Å². The zero-order valence-electron chi connectivity index (χ0n) is 18.3. The maximum Gasteiger partial charge on any atom is 0.262 e. The van der Waals surface area contributed by atoms with Gasteiger partial charge in [0.25, 0.3) is 5.91 Å². The Hall–Kier alpha value is -2.33. The monoisotopic (exact) mass is 493 g/mol. The number of anilines is 2. The molecular weight excluding hydrogens is 466 g/mol. The number of hydrogen-bond acceptors (Lipinski definition) is 6. The van der Waals surface area contributed by atoms with E-state index < -0.39 is 10.0 Å². The summed E-state index contributed by atoms with van der Waals surface area (Å²) in [5, 5.41) is 3.38. The van der Waals surface area contributed by atoms with Gasteiger partial charge < -0.3 is 19.7 Å². The van der Waals surface area contributed by atoms with Crippen molar-refractivity contribution in [3.63, 3.8) is 0 Å². The maximum absolute atomic E-state index is 13.2. The smallest absolute Gasteiger partial charge is 0.262 e. The molecule has 0 saturated carbocycles. The van der Waals surface area contributed by atoms with Crippen molar-refractivity contribution in [1.82, 2.24) is 4.31 Å². The predicted octanol–water partition coefficient (Wildman–Crippen LogP) is 3.37. The van der Waals surface area contributed by atoms with Crippen LogP contribution in [0.3, 0.4) is 0 Å². The third-order valence-electron chi connectivity index (χ3n) is 5.71. The Labute approximate surface area is 199 Å². The largest absolute Gasteiger partial charge is 0.484 e. The van der Waals surface area contributed by atoms with E-state index in [0.717, 1.165) is 38.0 Å². The minimum absolute atomic E-state index is 0.149. The second-order valence-electron chi connectivity index (χ2n) is 8.04. The molecule has 0 aliphatic carbocycles. The topological polar surface area (TPSA) is 88.2 Å². The zero-order chi connectivity index (χ0) is 23.3. The molecule has 2 fully saturated rings. The third kappa shape index (κ3) is 5.97. The van der Waals surface area contributed by atoms with Crippen LogP contribution in [0, 0.1) is 0 Å². The Balaban J connectivity index is 1.56. The highest BCUT2D eigenvalue weighted by molar-refractivity contribution is 7.89. The van der Waals surface area contributed by atoms with Crippen LogP contribution in [0.15, 0.2) is 47.4 Å². The van der Waals surface area contributed by atoms with Gasteiger partial charge in [-0.1, -0.05) is 17.7 Å². The van der Waals surface area contributed by atoms with Crippen molar-refractivity contribution in [3.8, 4) is 5.75 Å². The molecule has 2 aliphatic rings. The zero-order valence-corrected chi connectivity index (χ0v) is 19.9. The maximum atomic E-state index is 13.2. The average molecular weight is 494 g/mol. The van der Waals surface area contributed by atoms with Crippen LogP contribution in [0.1, 0.15) is 19.3 Å². The number of nitrogens with zero attached hydrogens (tertiary/aromatic N) is 2. The number of piperidine rings is 1. The molecule has 0 aromatic heterocycles. The van der Waals surface area contributed by atoms with Crippen LogP contribution in [0.4, 0.5) is 11.4 Å². The highest BCUT2D eigenvalue weighted by atomic mass is 35.5. The van der Waals surface area contributed by atoms with Crippen molar-refractivity contribution in [2.24, 2.45) is 0 Å². The van der Waals surface area contributed by atoms with Crippen molar-refractivity contribution in [3.05, 3.63) is 47.5 Å². The van der Waals surface area contributed by atoms with E-state index in [2.05, 4.69) is 10.2 Å². The molecule has 2 aromatic carbocycles. The van der Waals surface area contributed by atoms with E-state index in [4.69, 9.17) is 21.1 Å². The highest BCUT2D eigenvalue weighted by Gasteiger charge is 2.28. The molecule has 178 valence electrons. The summed E-state index contributed by atoms with van der Waals surface area (Å²) in [6, 6.07) is 11.8. The van der Waals surface area contributed by atoms with Crippen LogP contribution in [0.5, 0.6) is 5.75 Å². The molecule has 0 radical (unpaired) electrons. The first-order valence-corrected chi connectivity index (χ1v) is 12.9. The first-order valence-electron chi connectivity index (χ1n) is 11.1. The van der Waals surface area contributed by atoms with E-state index in [9.17, 15) is 13.2 Å². The summed E-state index contributed by atoms with van der Waals surface area (Å²) in [4.78, 5) is 15.0. The summed E-state index contributed by atoms with van der Waals surface area (Å²) in [6.07, 6.45) is 3.27. The Morgan fingerprint density at radius 2 is 1.79 bits per heavy atom. The fourth-order valence-corrected chi connectivity index (χ4v) is 5.63. The fraction of sp³-hybridized carbons (Fsp3) is 0.435. The molecule has 0 atom stereocenters. The standard InChI is InChI=1S/C23H28ClN3O5S/c24-18-5-4-6-19(15-18)32-17-23(28)25-21-16-20(33(29,30)27-11-13-31-14-12-27)7-8-22(21)26-9-2-1-3-10-26/h4-8,15-16H,1-3,9-14,17H2,(H,25,28). The summed E-state index contributed by atoms with van der Waals surface area (Å²) in [7, 11) is -3.69. The molecule has 8 nitrogen and oxygen atoms in total. The number of hydrogen-bond donors (Lipinski definition) is 1. The van der Waals surface area contributed by atoms with E-state index in [1.807, 2.05) is 0 Å². The van der Waals surface area contributed by atoms with Crippen molar-refractivity contribution < 1.29 is 22.7 Å². The van der Waals surface area contributed by atoms with Gasteiger partial charge in [0.15, 0.2) is 6.61 Å². The Kier molecular flexibility index (Phi) is 7.75. The lowest BCUT2D eigenvalue weighted by molar-refractivity contribution is -0.118. The number of rotatable bonds is 7. The quantitative estimate of drug-likeness (QED) is 0.636. The molecule has 33 heavy (non-hydrogen) atoms. The number of sulfonamides is 1. The lowest BCUT2D eigenvalue weighted by Gasteiger charge is -2.31. The molecule has 2 heterocycles. The molecule has 0 bridgehead atoms. The second-order valence-corrected chi connectivity index (χ2v) is 10.4. The minimum Gasteiger partial charge on any atom is -0.484 e. The Bertz CT molecular complexity index is 1080. The van der Waals surface area contributed by atoms with E-state index >= 15 is 0 Å². The fourth-order valence-electron chi connectivity index (χ4n) is 4.01. The summed E-state index contributed by atoms with van der Waals surface area (Å²) in [5.41, 5.74) is 1.28. The van der Waals surface area contributed by atoms with Gasteiger partial charge in [0.2, 0.25) is 10.0 Å². The normalized spacial score (nSPS) is 17.5. The van der Waals surface area contributed by atoms with Crippen LogP contribution in [-0.4, -0.2) is 64.6 Å². The van der Waals surface area contributed by atoms with Gasteiger partial charge in [0.05, 0.1) is 29.5 Å². The van der Waals surface area contributed by atoms with Gasteiger partial charge in [-0.15, -0.1) is 0 Å². The summed E-state index contributed by atoms with van der Waals surface area (Å²) < 4.78 is 38.6. The molecule has 2 saturated heterocycles. The molecule has 0 spiro atoms. The number of carbonyl (C=O) groups is 1. The van der Waals surface area contributed by atoms with Crippen molar-refractivity contribution in [2.75, 3.05) is 56.2 Å². The minimum atomic E-state index is -3.69. The third-order valence-corrected chi connectivity index (χ3v) is 7.84. The number of amides is 1. The van der Waals surface area contributed by atoms with Gasteiger partial charge in [-0.2, -0.15) is 4.31 Å². The van der Waals surface area contributed by atoms with E-state index in [1.54, 1.807) is 42.5 Å². The summed E-state index contributed by atoms with van der Waals surface area (Å²) in [5.74, 6) is 0.103. The molecule has 2 aromatic rings. The number of ether oxygens (including phenoxy) is 2. The van der Waals surface area contributed by atoms with Gasteiger partial charge in [-0.3, -0.25) is 4.79 Å². The lowest BCUT2D eigenvalue weighted by atomic mass is 10.1. The molecule has 10 heteroatoms. The number of nitrogens with one attached hydrogen (secondary N) is 1. The Morgan fingerprint density at radius 1 is 1.03 bits per heavy atom. The van der Waals surface area contributed by atoms with Crippen LogP contribution in [0.25, 0.3) is 0 Å². The van der Waals surface area contributed by atoms with Gasteiger partial charge in [-0.05, 0) is 55.7 Å². The Morgan fingerprint density at radius 3 is 2.52 bits per heavy atom. The van der Waals surface area contributed by atoms with Gasteiger partial charge in [0.1, 0.15) is 5.75 Å². The van der Waals surface area contributed by atoms with Gasteiger partial charge in [-0.25, -0.2) is 8.42 Å². The van der Waals surface area contributed by atoms with E-state index in [0.29, 0.717) is 42.8 Å². The highest BCUT2D eigenvalue weighted by Crippen LogP contribution is 2.32. The van der Waals surface area contributed by atoms with E-state index in [-0.39, 0.29) is 17.4 Å². The van der Waals surface area contributed by atoms with Crippen LogP contribution in [0.2, 0.25) is 5.02 Å². The van der Waals surface area contributed by atoms with Crippen LogP contribution < -0.4 is 15.0 Å². The average Bonchev–Trinajstić information content (AvgIpc) is 2.84.